The first kappa shape index (κ1) is 14.9. The second-order valence-corrected chi connectivity index (χ2v) is 6.19. The van der Waals surface area contributed by atoms with Gasteiger partial charge < -0.3 is 10.2 Å². The van der Waals surface area contributed by atoms with E-state index in [1.54, 1.807) is 6.20 Å². The summed E-state index contributed by atoms with van der Waals surface area (Å²) < 4.78 is 0. The molecular weight excluding hydrogens is 322 g/mol. The molecule has 24 heavy (non-hydrogen) atoms. The summed E-state index contributed by atoms with van der Waals surface area (Å²) in [6.07, 6.45) is 2.70. The third kappa shape index (κ3) is 2.78. The van der Waals surface area contributed by atoms with Crippen molar-refractivity contribution in [2.45, 2.75) is 13.3 Å². The maximum atomic E-state index is 6.07. The van der Waals surface area contributed by atoms with Gasteiger partial charge in [-0.05, 0) is 42.7 Å². The molecule has 4 rings (SSSR count). The van der Waals surface area contributed by atoms with Crippen molar-refractivity contribution in [3.8, 4) is 0 Å². The van der Waals surface area contributed by atoms with Gasteiger partial charge in [0.2, 0.25) is 5.95 Å². The SMILES string of the molecule is Cc1ccc(Cl)cc1Nc1nncc(N2CCc3ccccc32)n1. The smallest absolute Gasteiger partial charge is 0.249 e. The molecule has 1 N–H and O–H groups in total. The summed E-state index contributed by atoms with van der Waals surface area (Å²) in [5.41, 5.74) is 4.46. The van der Waals surface area contributed by atoms with E-state index in [9.17, 15) is 0 Å². The van der Waals surface area contributed by atoms with Gasteiger partial charge in [-0.1, -0.05) is 35.9 Å². The maximum absolute atomic E-state index is 6.07. The molecule has 2 aromatic carbocycles. The summed E-state index contributed by atoms with van der Waals surface area (Å²) in [4.78, 5) is 6.78. The predicted octanol–water partition coefficient (Wildman–Crippen LogP) is 4.27. The number of hydrogen-bond acceptors (Lipinski definition) is 5. The fraction of sp³-hybridized carbons (Fsp3) is 0.167. The number of aryl methyl sites for hydroxylation is 1. The van der Waals surface area contributed by atoms with Gasteiger partial charge in [0.1, 0.15) is 0 Å². The Morgan fingerprint density at radius 3 is 2.96 bits per heavy atom. The van der Waals surface area contributed by atoms with Gasteiger partial charge in [0.05, 0.1) is 6.20 Å². The summed E-state index contributed by atoms with van der Waals surface area (Å²) in [5.74, 6) is 1.25. The number of fused-ring (bicyclic) bond motifs is 1. The predicted molar refractivity (Wildman–Crippen MR) is 96.5 cm³/mol. The molecule has 6 heteroatoms. The molecule has 1 aliphatic rings. The average molecular weight is 338 g/mol. The van der Waals surface area contributed by atoms with E-state index in [0.29, 0.717) is 11.0 Å². The van der Waals surface area contributed by atoms with Crippen LogP contribution >= 0.6 is 11.6 Å². The molecule has 1 aliphatic heterocycles. The van der Waals surface area contributed by atoms with E-state index < -0.39 is 0 Å². The second kappa shape index (κ2) is 6.09. The Bertz CT molecular complexity index is 896. The molecule has 5 nitrogen and oxygen atoms in total. The molecule has 0 radical (unpaired) electrons. The van der Waals surface area contributed by atoms with Gasteiger partial charge in [0, 0.05) is 22.9 Å². The molecule has 1 aromatic heterocycles. The molecule has 0 spiro atoms. The number of hydrogen-bond donors (Lipinski definition) is 1. The normalized spacial score (nSPS) is 13.0. The number of nitrogens with one attached hydrogen (secondary N) is 1. The van der Waals surface area contributed by atoms with Crippen LogP contribution in [0.5, 0.6) is 0 Å². The van der Waals surface area contributed by atoms with Crippen LogP contribution in [-0.2, 0) is 6.42 Å². The number of rotatable bonds is 3. The van der Waals surface area contributed by atoms with Crippen molar-refractivity contribution in [2.24, 2.45) is 0 Å². The quantitative estimate of drug-likeness (QED) is 0.773. The van der Waals surface area contributed by atoms with Crippen molar-refractivity contribution in [3.63, 3.8) is 0 Å². The van der Waals surface area contributed by atoms with E-state index in [1.165, 1.54) is 11.3 Å². The van der Waals surface area contributed by atoms with Crippen molar-refractivity contribution in [3.05, 3.63) is 64.8 Å². The lowest BCUT2D eigenvalue weighted by molar-refractivity contribution is 0.920. The van der Waals surface area contributed by atoms with E-state index in [1.807, 2.05) is 31.2 Å². The lowest BCUT2D eigenvalue weighted by Crippen LogP contribution is -2.16. The number of halogens is 1. The van der Waals surface area contributed by atoms with Crippen LogP contribution in [0.15, 0.2) is 48.7 Å². The summed E-state index contributed by atoms with van der Waals surface area (Å²) >= 11 is 6.07. The van der Waals surface area contributed by atoms with Crippen molar-refractivity contribution < 1.29 is 0 Å². The van der Waals surface area contributed by atoms with Gasteiger partial charge in [0.15, 0.2) is 5.82 Å². The molecule has 0 unspecified atom stereocenters. The Labute approximate surface area is 145 Å². The Kier molecular flexibility index (Phi) is 3.78. The first-order chi connectivity index (χ1) is 11.7. The van der Waals surface area contributed by atoms with Crippen LogP contribution in [0.2, 0.25) is 5.02 Å². The molecule has 0 saturated heterocycles. The van der Waals surface area contributed by atoms with Crippen LogP contribution in [0.4, 0.5) is 23.1 Å². The number of nitrogens with zero attached hydrogens (tertiary/aromatic N) is 4. The van der Waals surface area contributed by atoms with Crippen LogP contribution in [0.3, 0.4) is 0 Å². The number of aromatic nitrogens is 3. The van der Waals surface area contributed by atoms with Gasteiger partial charge >= 0.3 is 0 Å². The van der Waals surface area contributed by atoms with Gasteiger partial charge in [-0.3, -0.25) is 0 Å². The summed E-state index contributed by atoms with van der Waals surface area (Å²) in [7, 11) is 0. The fourth-order valence-corrected chi connectivity index (χ4v) is 3.08. The minimum Gasteiger partial charge on any atom is -0.324 e. The van der Waals surface area contributed by atoms with Crippen LogP contribution in [-0.4, -0.2) is 21.7 Å². The number of para-hydroxylation sites is 1. The molecule has 0 saturated carbocycles. The standard InChI is InChI=1S/C18H16ClN5/c1-12-6-7-14(19)10-15(12)21-18-22-17(11-20-23-18)24-9-8-13-4-2-3-5-16(13)24/h2-7,10-11H,8-9H2,1H3,(H,21,22,23). The average Bonchev–Trinajstić information content (AvgIpc) is 3.03. The molecule has 3 aromatic rings. The maximum Gasteiger partial charge on any atom is 0.249 e. The largest absolute Gasteiger partial charge is 0.324 e. The van der Waals surface area contributed by atoms with E-state index >= 15 is 0 Å². The molecule has 0 atom stereocenters. The Balaban J connectivity index is 1.64. The van der Waals surface area contributed by atoms with Gasteiger partial charge in [-0.15, -0.1) is 5.10 Å². The fourth-order valence-electron chi connectivity index (χ4n) is 2.90. The van der Waals surface area contributed by atoms with E-state index in [0.717, 1.165) is 30.0 Å². The van der Waals surface area contributed by atoms with Gasteiger partial charge in [0.25, 0.3) is 0 Å². The highest BCUT2D eigenvalue weighted by Gasteiger charge is 2.21. The van der Waals surface area contributed by atoms with Crippen LogP contribution in [0.25, 0.3) is 0 Å². The van der Waals surface area contributed by atoms with Crippen LogP contribution in [0, 0.1) is 6.92 Å². The third-order valence-corrected chi connectivity index (χ3v) is 4.39. The zero-order chi connectivity index (χ0) is 16.5. The number of anilines is 4. The highest BCUT2D eigenvalue weighted by molar-refractivity contribution is 6.30. The Morgan fingerprint density at radius 1 is 1.17 bits per heavy atom. The second-order valence-electron chi connectivity index (χ2n) is 5.75. The van der Waals surface area contributed by atoms with Crippen molar-refractivity contribution in [2.75, 3.05) is 16.8 Å². The van der Waals surface area contributed by atoms with Crippen molar-refractivity contribution in [1.82, 2.24) is 15.2 Å². The lowest BCUT2D eigenvalue weighted by Gasteiger charge is -2.18. The van der Waals surface area contributed by atoms with E-state index in [-0.39, 0.29) is 0 Å². The summed E-state index contributed by atoms with van der Waals surface area (Å²) in [5, 5.41) is 12.1. The topological polar surface area (TPSA) is 53.9 Å². The molecule has 0 bridgehead atoms. The highest BCUT2D eigenvalue weighted by atomic mass is 35.5. The molecule has 2 heterocycles. The first-order valence-corrected chi connectivity index (χ1v) is 8.17. The molecule has 0 aliphatic carbocycles. The van der Waals surface area contributed by atoms with Crippen LogP contribution in [0.1, 0.15) is 11.1 Å². The lowest BCUT2D eigenvalue weighted by atomic mass is 10.2. The van der Waals surface area contributed by atoms with E-state index in [2.05, 4.69) is 43.6 Å². The minimum absolute atomic E-state index is 0.460. The Morgan fingerprint density at radius 2 is 2.04 bits per heavy atom. The van der Waals surface area contributed by atoms with Crippen molar-refractivity contribution >= 4 is 34.7 Å². The summed E-state index contributed by atoms with van der Waals surface area (Å²) in [6.45, 7) is 2.90. The molecular formula is C18H16ClN5. The Hall–Kier alpha value is -2.66. The first-order valence-electron chi connectivity index (χ1n) is 7.79. The van der Waals surface area contributed by atoms with Gasteiger partial charge in [-0.25, -0.2) is 0 Å². The summed E-state index contributed by atoms with van der Waals surface area (Å²) in [6, 6.07) is 14.0. The monoisotopic (exact) mass is 337 g/mol. The highest BCUT2D eigenvalue weighted by Crippen LogP contribution is 2.33. The third-order valence-electron chi connectivity index (χ3n) is 4.16. The number of benzene rings is 2. The molecule has 0 amide bonds. The van der Waals surface area contributed by atoms with Gasteiger partial charge in [-0.2, -0.15) is 10.1 Å². The van der Waals surface area contributed by atoms with Crippen LogP contribution < -0.4 is 10.2 Å². The van der Waals surface area contributed by atoms with E-state index in [4.69, 9.17) is 11.6 Å². The molecule has 120 valence electrons. The zero-order valence-corrected chi connectivity index (χ0v) is 14.0. The van der Waals surface area contributed by atoms with Crippen molar-refractivity contribution in [1.29, 1.82) is 0 Å². The minimum atomic E-state index is 0.460. The molecule has 0 fully saturated rings. The zero-order valence-electron chi connectivity index (χ0n) is 13.2.